The van der Waals surface area contributed by atoms with Crippen molar-refractivity contribution in [2.75, 3.05) is 11.6 Å². The van der Waals surface area contributed by atoms with Crippen LogP contribution in [0.4, 0.5) is 27.6 Å². The van der Waals surface area contributed by atoms with Crippen molar-refractivity contribution in [2.24, 2.45) is 0 Å². The highest BCUT2D eigenvalue weighted by atomic mass is 35.5. The van der Waals surface area contributed by atoms with Crippen LogP contribution >= 0.6 is 11.6 Å². The van der Waals surface area contributed by atoms with E-state index in [1.165, 1.54) is 25.1 Å². The fourth-order valence-electron chi connectivity index (χ4n) is 2.63. The number of halogens is 6. The highest BCUT2D eigenvalue weighted by Crippen LogP contribution is 2.39. The van der Waals surface area contributed by atoms with Crippen molar-refractivity contribution in [1.82, 2.24) is 5.32 Å². The monoisotopic (exact) mass is 496 g/mol. The molecule has 32 heavy (non-hydrogen) atoms. The summed E-state index contributed by atoms with van der Waals surface area (Å²) >= 11 is 5.83. The van der Waals surface area contributed by atoms with Crippen LogP contribution in [-0.4, -0.2) is 32.8 Å². The van der Waals surface area contributed by atoms with E-state index in [1.54, 1.807) is 0 Å². The van der Waals surface area contributed by atoms with E-state index in [-0.39, 0.29) is 5.02 Å². The van der Waals surface area contributed by atoms with E-state index in [4.69, 9.17) is 11.6 Å². The summed E-state index contributed by atoms with van der Waals surface area (Å²) < 4.78 is 91.8. The first-order valence-electron chi connectivity index (χ1n) is 8.95. The van der Waals surface area contributed by atoms with Crippen molar-refractivity contribution < 1.29 is 35.2 Å². The molecule has 0 radical (unpaired) electrons. The summed E-state index contributed by atoms with van der Waals surface area (Å²) in [5.74, 6) is -3.68. The van der Waals surface area contributed by atoms with Gasteiger partial charge in [-0.2, -0.15) is 13.2 Å². The SMILES string of the molecule is C[C@H](/C=C/S(C)(=O)=O)NC(=O)c1cc(F)c(N[C@H](c2ccccc2Cl)C(F)(F)F)cc1F. The smallest absolute Gasteiger partial charge is 0.368 e. The normalized spacial score (nSPS) is 14.2. The minimum Gasteiger partial charge on any atom is -0.368 e. The molecule has 2 rings (SSSR count). The number of nitrogens with one attached hydrogen (secondary N) is 2. The number of anilines is 1. The molecule has 0 aliphatic heterocycles. The highest BCUT2D eigenvalue weighted by molar-refractivity contribution is 7.93. The van der Waals surface area contributed by atoms with E-state index in [0.29, 0.717) is 12.1 Å². The van der Waals surface area contributed by atoms with E-state index < -0.39 is 62.5 Å². The lowest BCUT2D eigenvalue weighted by molar-refractivity contribution is -0.144. The molecule has 0 heterocycles. The lowest BCUT2D eigenvalue weighted by Gasteiger charge is -2.24. The quantitative estimate of drug-likeness (QED) is 0.528. The van der Waals surface area contributed by atoms with Gasteiger partial charge in [0.15, 0.2) is 9.84 Å². The summed E-state index contributed by atoms with van der Waals surface area (Å²) in [5, 5.41) is 4.74. The lowest BCUT2D eigenvalue weighted by Crippen LogP contribution is -2.32. The molecule has 0 aromatic heterocycles. The van der Waals surface area contributed by atoms with Crippen LogP contribution in [0.3, 0.4) is 0 Å². The fraction of sp³-hybridized carbons (Fsp3) is 0.250. The van der Waals surface area contributed by atoms with Gasteiger partial charge in [0.05, 0.1) is 11.3 Å². The summed E-state index contributed by atoms with van der Waals surface area (Å²) in [6.45, 7) is 1.39. The molecule has 0 aliphatic carbocycles. The molecule has 1 amide bonds. The maximum Gasteiger partial charge on any atom is 0.412 e. The first-order chi connectivity index (χ1) is 14.7. The van der Waals surface area contributed by atoms with Crippen molar-refractivity contribution in [3.8, 4) is 0 Å². The van der Waals surface area contributed by atoms with Crippen LogP contribution in [0.2, 0.25) is 5.02 Å². The number of sulfone groups is 1. The number of amides is 1. The summed E-state index contributed by atoms with van der Waals surface area (Å²) in [4.78, 5) is 12.2. The Kier molecular flexibility index (Phi) is 7.89. The van der Waals surface area contributed by atoms with E-state index in [9.17, 15) is 35.2 Å². The Morgan fingerprint density at radius 3 is 2.31 bits per heavy atom. The maximum atomic E-state index is 14.5. The number of benzene rings is 2. The molecular formula is C20H18ClF5N2O3S. The minimum atomic E-state index is -4.90. The van der Waals surface area contributed by atoms with E-state index in [2.05, 4.69) is 5.32 Å². The Morgan fingerprint density at radius 2 is 1.75 bits per heavy atom. The van der Waals surface area contributed by atoms with Gasteiger partial charge >= 0.3 is 6.18 Å². The largest absolute Gasteiger partial charge is 0.412 e. The zero-order valence-electron chi connectivity index (χ0n) is 16.7. The molecule has 174 valence electrons. The topological polar surface area (TPSA) is 75.3 Å². The second-order valence-electron chi connectivity index (χ2n) is 6.87. The van der Waals surface area contributed by atoms with Gasteiger partial charge in [-0.15, -0.1) is 0 Å². The van der Waals surface area contributed by atoms with Crippen molar-refractivity contribution in [3.63, 3.8) is 0 Å². The number of carbonyl (C=O) groups is 1. The van der Waals surface area contributed by atoms with Gasteiger partial charge < -0.3 is 10.6 Å². The standard InChI is InChI=1S/C20H18ClF5N2O3S/c1-11(7-8-32(2,30)31)27-19(29)13-9-16(23)17(10-15(13)22)28-18(20(24,25)26)12-5-3-4-6-14(12)21/h3-11,18,28H,1-2H3,(H,27,29)/b8-7+/t11-,18-/m1/s1. The zero-order valence-corrected chi connectivity index (χ0v) is 18.2. The van der Waals surface area contributed by atoms with Gasteiger partial charge in [-0.3, -0.25) is 4.79 Å². The molecule has 0 aliphatic rings. The van der Waals surface area contributed by atoms with Crippen molar-refractivity contribution >= 4 is 33.0 Å². The van der Waals surface area contributed by atoms with Crippen molar-refractivity contribution in [1.29, 1.82) is 0 Å². The Bertz CT molecular complexity index is 1140. The number of alkyl halides is 3. The number of hydrogen-bond acceptors (Lipinski definition) is 4. The number of rotatable bonds is 7. The summed E-state index contributed by atoms with van der Waals surface area (Å²) in [5.41, 5.74) is -1.99. The van der Waals surface area contributed by atoms with Gasteiger partial charge in [-0.05, 0) is 19.1 Å². The Hall–Kier alpha value is -2.66. The third-order valence-electron chi connectivity index (χ3n) is 4.12. The van der Waals surface area contributed by atoms with E-state index in [0.717, 1.165) is 23.8 Å². The summed E-state index contributed by atoms with van der Waals surface area (Å²) in [7, 11) is -3.47. The predicted octanol–water partition coefficient (Wildman–Crippen LogP) is 5.01. The average molecular weight is 497 g/mol. The number of carbonyl (C=O) groups excluding carboxylic acids is 1. The third-order valence-corrected chi connectivity index (χ3v) is 5.11. The van der Waals surface area contributed by atoms with Gasteiger partial charge in [-0.1, -0.05) is 35.9 Å². The van der Waals surface area contributed by atoms with Gasteiger partial charge in [0, 0.05) is 34.4 Å². The van der Waals surface area contributed by atoms with E-state index in [1.807, 2.05) is 5.32 Å². The number of hydrogen-bond donors (Lipinski definition) is 2. The molecule has 12 heteroatoms. The second kappa shape index (κ2) is 9.86. The molecule has 5 nitrogen and oxygen atoms in total. The van der Waals surface area contributed by atoms with Crippen LogP contribution in [0, 0.1) is 11.6 Å². The van der Waals surface area contributed by atoms with Crippen molar-refractivity contribution in [3.05, 3.63) is 75.7 Å². The minimum absolute atomic E-state index is 0.227. The molecule has 2 aromatic rings. The van der Waals surface area contributed by atoms with Crippen LogP contribution in [0.25, 0.3) is 0 Å². The molecule has 0 bridgehead atoms. The average Bonchev–Trinajstić information content (AvgIpc) is 2.66. The Labute approximate surface area is 186 Å². The van der Waals surface area contributed by atoms with E-state index >= 15 is 0 Å². The molecule has 0 spiro atoms. The van der Waals surface area contributed by atoms with Crippen LogP contribution in [-0.2, 0) is 9.84 Å². The van der Waals surface area contributed by atoms with Crippen LogP contribution < -0.4 is 10.6 Å². The van der Waals surface area contributed by atoms with Gasteiger partial charge in [-0.25, -0.2) is 17.2 Å². The molecule has 2 N–H and O–H groups in total. The van der Waals surface area contributed by atoms with Crippen LogP contribution in [0.1, 0.15) is 28.9 Å². The highest BCUT2D eigenvalue weighted by Gasteiger charge is 2.42. The van der Waals surface area contributed by atoms with Gasteiger partial charge in [0.2, 0.25) is 0 Å². The molecule has 0 unspecified atom stereocenters. The lowest BCUT2D eigenvalue weighted by atomic mass is 10.1. The predicted molar refractivity (Wildman–Crippen MR) is 111 cm³/mol. The van der Waals surface area contributed by atoms with Gasteiger partial charge in [0.1, 0.15) is 17.7 Å². The van der Waals surface area contributed by atoms with Crippen LogP contribution in [0.15, 0.2) is 47.9 Å². The Morgan fingerprint density at radius 1 is 1.12 bits per heavy atom. The molecule has 0 fully saturated rings. The summed E-state index contributed by atoms with van der Waals surface area (Å²) in [6.07, 6.45) is -2.85. The van der Waals surface area contributed by atoms with Gasteiger partial charge in [0.25, 0.3) is 5.91 Å². The first kappa shape index (κ1) is 25.6. The van der Waals surface area contributed by atoms with Crippen LogP contribution in [0.5, 0.6) is 0 Å². The third kappa shape index (κ3) is 6.92. The summed E-state index contributed by atoms with van der Waals surface area (Å²) in [6, 6.07) is 2.62. The first-order valence-corrected chi connectivity index (χ1v) is 11.3. The maximum absolute atomic E-state index is 14.5. The molecule has 2 atom stereocenters. The fourth-order valence-corrected chi connectivity index (χ4v) is 3.39. The second-order valence-corrected chi connectivity index (χ2v) is 9.21. The molecule has 2 aromatic carbocycles. The van der Waals surface area contributed by atoms with Crippen molar-refractivity contribution in [2.45, 2.75) is 25.2 Å². The molecule has 0 saturated heterocycles. The Balaban J connectivity index is 2.31. The zero-order chi connectivity index (χ0) is 24.3. The molecular weight excluding hydrogens is 479 g/mol. The molecule has 0 saturated carbocycles.